The van der Waals surface area contributed by atoms with E-state index in [4.69, 9.17) is 14.6 Å². The fourth-order valence-electron chi connectivity index (χ4n) is 1.51. The molecule has 0 saturated heterocycles. The van der Waals surface area contributed by atoms with Crippen LogP contribution in [-0.2, 0) is 5.75 Å². The molecule has 92 valence electrons. The van der Waals surface area contributed by atoms with Crippen LogP contribution in [0.2, 0.25) is 0 Å². The molecule has 0 bridgehead atoms. The summed E-state index contributed by atoms with van der Waals surface area (Å²) in [6, 6.07) is 1.90. The van der Waals surface area contributed by atoms with E-state index in [9.17, 15) is 0 Å². The summed E-state index contributed by atoms with van der Waals surface area (Å²) in [5.74, 6) is 4.36. The minimum absolute atomic E-state index is 0.516. The van der Waals surface area contributed by atoms with E-state index in [1.807, 2.05) is 19.9 Å². The van der Waals surface area contributed by atoms with Crippen molar-refractivity contribution in [2.75, 3.05) is 12.3 Å². The Morgan fingerprint density at radius 3 is 2.76 bits per heavy atom. The fraction of sp³-hybridized carbons (Fsp3) is 0.455. The van der Waals surface area contributed by atoms with Crippen LogP contribution in [0.25, 0.3) is 11.5 Å². The van der Waals surface area contributed by atoms with Crippen molar-refractivity contribution in [1.82, 2.24) is 10.2 Å². The Morgan fingerprint density at radius 1 is 1.29 bits per heavy atom. The van der Waals surface area contributed by atoms with Crippen molar-refractivity contribution >= 4 is 11.8 Å². The number of thioether (sulfide) groups is 1. The second-order valence-corrected chi connectivity index (χ2v) is 4.77. The molecule has 0 radical (unpaired) electrons. The Morgan fingerprint density at radius 2 is 2.12 bits per heavy atom. The molecule has 0 amide bonds. The molecule has 0 aliphatic rings. The first-order chi connectivity index (χ1) is 8.20. The van der Waals surface area contributed by atoms with Gasteiger partial charge in [0, 0.05) is 12.3 Å². The van der Waals surface area contributed by atoms with Gasteiger partial charge in [-0.3, -0.25) is 0 Å². The maximum Gasteiger partial charge on any atom is 0.251 e. The van der Waals surface area contributed by atoms with Crippen molar-refractivity contribution in [3.63, 3.8) is 0 Å². The van der Waals surface area contributed by atoms with Crippen LogP contribution in [0.3, 0.4) is 0 Å². The van der Waals surface area contributed by atoms with Gasteiger partial charge in [-0.15, -0.1) is 10.2 Å². The van der Waals surface area contributed by atoms with Crippen molar-refractivity contribution < 1.29 is 8.83 Å². The molecule has 2 aromatic rings. The zero-order valence-electron chi connectivity index (χ0n) is 9.90. The van der Waals surface area contributed by atoms with Crippen molar-refractivity contribution in [2.45, 2.75) is 19.6 Å². The highest BCUT2D eigenvalue weighted by atomic mass is 32.2. The average molecular weight is 253 g/mol. The topological polar surface area (TPSA) is 78.1 Å². The lowest BCUT2D eigenvalue weighted by Crippen LogP contribution is -2.01. The molecule has 0 unspecified atom stereocenters. The summed E-state index contributed by atoms with van der Waals surface area (Å²) in [6.45, 7) is 4.44. The molecule has 2 aromatic heterocycles. The van der Waals surface area contributed by atoms with E-state index in [0.29, 0.717) is 24.1 Å². The lowest BCUT2D eigenvalue weighted by molar-refractivity contribution is 0.499. The van der Waals surface area contributed by atoms with Crippen molar-refractivity contribution in [2.24, 2.45) is 5.73 Å². The van der Waals surface area contributed by atoms with Crippen LogP contribution < -0.4 is 5.73 Å². The highest BCUT2D eigenvalue weighted by molar-refractivity contribution is 7.98. The van der Waals surface area contributed by atoms with E-state index in [2.05, 4.69) is 10.2 Å². The maximum absolute atomic E-state index is 5.57. The van der Waals surface area contributed by atoms with Gasteiger partial charge in [0.1, 0.15) is 11.5 Å². The van der Waals surface area contributed by atoms with Crippen LogP contribution in [0.1, 0.15) is 17.4 Å². The number of hydrogen-bond acceptors (Lipinski definition) is 6. The van der Waals surface area contributed by atoms with Gasteiger partial charge in [0.15, 0.2) is 0 Å². The van der Waals surface area contributed by atoms with Crippen LogP contribution in [-0.4, -0.2) is 22.5 Å². The van der Waals surface area contributed by atoms with E-state index in [1.54, 1.807) is 11.8 Å². The SMILES string of the molecule is Cc1cc(-c2nnc(CSCCN)o2)c(C)o1. The first kappa shape index (κ1) is 12.2. The highest BCUT2D eigenvalue weighted by Gasteiger charge is 2.14. The normalized spacial score (nSPS) is 11.0. The number of aromatic nitrogens is 2. The molecule has 0 aromatic carbocycles. The molecule has 2 heterocycles. The Hall–Kier alpha value is -1.27. The Labute approximate surface area is 104 Å². The molecule has 0 aliphatic carbocycles. The van der Waals surface area contributed by atoms with E-state index < -0.39 is 0 Å². The first-order valence-corrected chi connectivity index (χ1v) is 6.53. The summed E-state index contributed by atoms with van der Waals surface area (Å²) in [5.41, 5.74) is 6.28. The van der Waals surface area contributed by atoms with Crippen LogP contribution in [0.15, 0.2) is 14.9 Å². The number of furan rings is 1. The lowest BCUT2D eigenvalue weighted by atomic mass is 10.2. The average Bonchev–Trinajstić information content (AvgIpc) is 2.86. The fourth-order valence-corrected chi connectivity index (χ4v) is 2.11. The van der Waals surface area contributed by atoms with Crippen molar-refractivity contribution in [1.29, 1.82) is 0 Å². The maximum atomic E-state index is 5.57. The third-order valence-corrected chi connectivity index (χ3v) is 3.20. The zero-order chi connectivity index (χ0) is 12.3. The van der Waals surface area contributed by atoms with Gasteiger partial charge in [0.2, 0.25) is 5.89 Å². The van der Waals surface area contributed by atoms with Crippen molar-refractivity contribution in [3.8, 4) is 11.5 Å². The van der Waals surface area contributed by atoms with Crippen LogP contribution in [0.5, 0.6) is 0 Å². The standard InChI is InChI=1S/C11H15N3O2S/c1-7-5-9(8(2)15-7)11-14-13-10(16-11)6-17-4-3-12/h5H,3-4,6,12H2,1-2H3. The van der Waals surface area contributed by atoms with Gasteiger partial charge in [0.25, 0.3) is 5.89 Å². The number of nitrogens with two attached hydrogens (primary N) is 1. The summed E-state index contributed by atoms with van der Waals surface area (Å²) in [6.07, 6.45) is 0. The summed E-state index contributed by atoms with van der Waals surface area (Å²) in [4.78, 5) is 0. The Bertz CT molecular complexity index is 493. The molecule has 2 N–H and O–H groups in total. The molecule has 2 rings (SSSR count). The zero-order valence-corrected chi connectivity index (χ0v) is 10.7. The number of rotatable bonds is 5. The summed E-state index contributed by atoms with van der Waals surface area (Å²) >= 11 is 1.68. The van der Waals surface area contributed by atoms with Gasteiger partial charge in [-0.1, -0.05) is 0 Å². The Kier molecular flexibility index (Phi) is 3.86. The quantitative estimate of drug-likeness (QED) is 0.822. The smallest absolute Gasteiger partial charge is 0.251 e. The predicted octanol–water partition coefficient (Wildman–Crippen LogP) is 2.14. The van der Waals surface area contributed by atoms with Crippen LogP contribution in [0, 0.1) is 13.8 Å². The monoisotopic (exact) mass is 253 g/mol. The highest BCUT2D eigenvalue weighted by Crippen LogP contribution is 2.26. The summed E-state index contributed by atoms with van der Waals surface area (Å²) in [5, 5.41) is 8.01. The molecule has 5 nitrogen and oxygen atoms in total. The molecule has 0 aliphatic heterocycles. The third kappa shape index (κ3) is 2.89. The summed E-state index contributed by atoms with van der Waals surface area (Å²) < 4.78 is 11.0. The molecule has 0 saturated carbocycles. The molecule has 17 heavy (non-hydrogen) atoms. The van der Waals surface area contributed by atoms with Gasteiger partial charge in [0.05, 0.1) is 11.3 Å². The van der Waals surface area contributed by atoms with Gasteiger partial charge in [-0.25, -0.2) is 0 Å². The first-order valence-electron chi connectivity index (χ1n) is 5.38. The molecular formula is C11H15N3O2S. The van der Waals surface area contributed by atoms with Gasteiger partial charge in [-0.2, -0.15) is 11.8 Å². The van der Waals surface area contributed by atoms with E-state index >= 15 is 0 Å². The van der Waals surface area contributed by atoms with Crippen LogP contribution >= 0.6 is 11.8 Å². The largest absolute Gasteiger partial charge is 0.466 e. The Balaban J connectivity index is 2.10. The molecule has 0 spiro atoms. The number of aryl methyl sites for hydroxylation is 2. The minimum Gasteiger partial charge on any atom is -0.466 e. The van der Waals surface area contributed by atoms with E-state index in [0.717, 1.165) is 22.8 Å². The minimum atomic E-state index is 0.516. The third-order valence-electron chi connectivity index (χ3n) is 2.23. The van der Waals surface area contributed by atoms with Gasteiger partial charge in [-0.05, 0) is 19.9 Å². The second-order valence-electron chi connectivity index (χ2n) is 3.67. The van der Waals surface area contributed by atoms with E-state index in [-0.39, 0.29) is 0 Å². The molecule has 6 heteroatoms. The molecule has 0 atom stereocenters. The van der Waals surface area contributed by atoms with Crippen molar-refractivity contribution in [3.05, 3.63) is 23.5 Å². The second kappa shape index (κ2) is 5.37. The number of nitrogens with zero attached hydrogens (tertiary/aromatic N) is 2. The van der Waals surface area contributed by atoms with E-state index in [1.165, 1.54) is 0 Å². The van der Waals surface area contributed by atoms with Gasteiger partial charge < -0.3 is 14.6 Å². The molecule has 0 fully saturated rings. The molecular weight excluding hydrogens is 238 g/mol. The van der Waals surface area contributed by atoms with Crippen LogP contribution in [0.4, 0.5) is 0 Å². The lowest BCUT2D eigenvalue weighted by Gasteiger charge is -1.93. The summed E-state index contributed by atoms with van der Waals surface area (Å²) in [7, 11) is 0. The van der Waals surface area contributed by atoms with Gasteiger partial charge >= 0.3 is 0 Å². The number of hydrogen-bond donors (Lipinski definition) is 1. The predicted molar refractivity (Wildman–Crippen MR) is 66.7 cm³/mol.